The molecule has 0 atom stereocenters. The molecule has 2 rings (SSSR count). The highest BCUT2D eigenvalue weighted by Gasteiger charge is 2.31. The van der Waals surface area contributed by atoms with E-state index in [1.165, 1.54) is 28.8 Å². The minimum Gasteiger partial charge on any atom is -0.385 e. The number of thioether (sulfide) groups is 1. The number of halogens is 2. The summed E-state index contributed by atoms with van der Waals surface area (Å²) in [5.41, 5.74) is 0.371. The zero-order valence-corrected chi connectivity index (χ0v) is 14.5. The molecule has 1 aliphatic rings. The molecule has 0 saturated carbocycles. The predicted octanol–water partition coefficient (Wildman–Crippen LogP) is 3.83. The van der Waals surface area contributed by atoms with E-state index in [0.29, 0.717) is 38.8 Å². The molecule has 1 aromatic rings. The van der Waals surface area contributed by atoms with Gasteiger partial charge in [-0.1, -0.05) is 46.0 Å². The highest BCUT2D eigenvalue weighted by Crippen LogP contribution is 2.33. The van der Waals surface area contributed by atoms with Crippen molar-refractivity contribution < 1.29 is 13.9 Å². The Morgan fingerprint density at radius 2 is 2.29 bits per heavy atom. The van der Waals surface area contributed by atoms with Crippen LogP contribution in [0.25, 0.3) is 6.08 Å². The van der Waals surface area contributed by atoms with Gasteiger partial charge in [-0.3, -0.25) is 9.69 Å². The molecule has 1 amide bonds. The molecule has 1 aromatic carbocycles. The number of thiocarbonyl (C=S) groups is 1. The van der Waals surface area contributed by atoms with E-state index in [4.69, 9.17) is 17.0 Å². The van der Waals surface area contributed by atoms with Gasteiger partial charge < -0.3 is 4.74 Å². The van der Waals surface area contributed by atoms with Crippen molar-refractivity contribution in [2.75, 3.05) is 20.3 Å². The van der Waals surface area contributed by atoms with Gasteiger partial charge in [0.2, 0.25) is 0 Å². The third-order valence-electron chi connectivity index (χ3n) is 2.85. The summed E-state index contributed by atoms with van der Waals surface area (Å²) in [6.45, 7) is 1.08. The molecule has 0 spiro atoms. The number of benzene rings is 1. The minimum absolute atomic E-state index is 0.177. The Hall–Kier alpha value is -0.760. The fourth-order valence-electron chi connectivity index (χ4n) is 1.82. The predicted molar refractivity (Wildman–Crippen MR) is 90.5 cm³/mol. The third-order valence-corrected chi connectivity index (χ3v) is 4.72. The monoisotopic (exact) mass is 389 g/mol. The average Bonchev–Trinajstić information content (AvgIpc) is 2.69. The van der Waals surface area contributed by atoms with Gasteiger partial charge in [-0.05, 0) is 24.6 Å². The molecule has 0 aromatic heterocycles. The Morgan fingerprint density at radius 3 is 2.95 bits per heavy atom. The number of carbonyl (C=O) groups excluding carboxylic acids is 1. The lowest BCUT2D eigenvalue weighted by molar-refractivity contribution is -0.122. The number of hydrogen-bond acceptors (Lipinski definition) is 4. The first-order chi connectivity index (χ1) is 10.0. The second-order valence-electron chi connectivity index (χ2n) is 4.35. The maximum Gasteiger partial charge on any atom is 0.266 e. The van der Waals surface area contributed by atoms with Crippen LogP contribution in [-0.2, 0) is 9.53 Å². The summed E-state index contributed by atoms with van der Waals surface area (Å²) in [5, 5.41) is 0. The molecule has 0 unspecified atom stereocenters. The molecule has 112 valence electrons. The Labute approximate surface area is 140 Å². The lowest BCUT2D eigenvalue weighted by Gasteiger charge is -2.13. The van der Waals surface area contributed by atoms with Gasteiger partial charge in [0, 0.05) is 30.3 Å². The standard InChI is InChI=1S/C14H13BrFNO2S2/c1-19-6-2-5-17-13(18)12(21-14(17)20)7-9-3-4-10(15)8-11(9)16/h3-4,7-8H,2,5-6H2,1H3/b12-7+. The maximum atomic E-state index is 13.8. The summed E-state index contributed by atoms with van der Waals surface area (Å²) in [7, 11) is 1.61. The first-order valence-corrected chi connectivity index (χ1v) is 8.24. The van der Waals surface area contributed by atoms with Crippen molar-refractivity contribution in [3.05, 3.63) is 39.0 Å². The number of carbonyl (C=O) groups is 1. The van der Waals surface area contributed by atoms with Crippen LogP contribution in [0.5, 0.6) is 0 Å². The van der Waals surface area contributed by atoms with Crippen LogP contribution in [0.2, 0.25) is 0 Å². The maximum absolute atomic E-state index is 13.8. The zero-order valence-electron chi connectivity index (χ0n) is 11.3. The first-order valence-electron chi connectivity index (χ1n) is 6.22. The zero-order chi connectivity index (χ0) is 15.4. The Balaban J connectivity index is 2.16. The number of amides is 1. The minimum atomic E-state index is -0.381. The van der Waals surface area contributed by atoms with Crippen LogP contribution in [0, 0.1) is 5.82 Å². The molecule has 1 aliphatic heterocycles. The van der Waals surface area contributed by atoms with Crippen molar-refractivity contribution >= 4 is 56.2 Å². The number of rotatable bonds is 5. The highest BCUT2D eigenvalue weighted by atomic mass is 79.9. The van der Waals surface area contributed by atoms with E-state index in [2.05, 4.69) is 15.9 Å². The highest BCUT2D eigenvalue weighted by molar-refractivity contribution is 9.10. The molecule has 3 nitrogen and oxygen atoms in total. The lowest BCUT2D eigenvalue weighted by Crippen LogP contribution is -2.29. The van der Waals surface area contributed by atoms with Gasteiger partial charge >= 0.3 is 0 Å². The summed E-state index contributed by atoms with van der Waals surface area (Å²) in [5.74, 6) is -0.558. The average molecular weight is 390 g/mol. The summed E-state index contributed by atoms with van der Waals surface area (Å²) < 4.78 is 19.9. The van der Waals surface area contributed by atoms with Crippen molar-refractivity contribution in [2.24, 2.45) is 0 Å². The summed E-state index contributed by atoms with van der Waals surface area (Å²) in [4.78, 5) is 14.2. The normalized spacial score (nSPS) is 17.1. The molecule has 0 aliphatic carbocycles. The fraction of sp³-hybridized carbons (Fsp3) is 0.286. The largest absolute Gasteiger partial charge is 0.385 e. The molecule has 0 bridgehead atoms. The van der Waals surface area contributed by atoms with Gasteiger partial charge in [-0.15, -0.1) is 0 Å². The first kappa shape index (κ1) is 16.6. The Kier molecular flexibility index (Phi) is 5.92. The van der Waals surface area contributed by atoms with Gasteiger partial charge in [-0.25, -0.2) is 4.39 Å². The molecule has 1 heterocycles. The number of hydrogen-bond donors (Lipinski definition) is 0. The van der Waals surface area contributed by atoms with Crippen LogP contribution in [-0.4, -0.2) is 35.4 Å². The van der Waals surface area contributed by atoms with Gasteiger partial charge in [0.05, 0.1) is 4.91 Å². The van der Waals surface area contributed by atoms with Crippen molar-refractivity contribution in [3.63, 3.8) is 0 Å². The van der Waals surface area contributed by atoms with Crippen LogP contribution in [0.1, 0.15) is 12.0 Å². The van der Waals surface area contributed by atoms with E-state index < -0.39 is 0 Å². The second kappa shape index (κ2) is 7.49. The van der Waals surface area contributed by atoms with E-state index in [-0.39, 0.29) is 11.7 Å². The molecule has 1 fully saturated rings. The number of methoxy groups -OCH3 is 1. The van der Waals surface area contributed by atoms with E-state index in [9.17, 15) is 9.18 Å². The Bertz CT molecular complexity index is 607. The molecule has 21 heavy (non-hydrogen) atoms. The summed E-state index contributed by atoms with van der Waals surface area (Å²) >= 11 is 9.60. The van der Waals surface area contributed by atoms with Crippen LogP contribution in [0.4, 0.5) is 4.39 Å². The molecule has 7 heteroatoms. The van der Waals surface area contributed by atoms with Crippen molar-refractivity contribution in [2.45, 2.75) is 6.42 Å². The lowest BCUT2D eigenvalue weighted by atomic mass is 10.2. The fourth-order valence-corrected chi connectivity index (χ4v) is 3.45. The van der Waals surface area contributed by atoms with Gasteiger partial charge in [0.25, 0.3) is 5.91 Å². The van der Waals surface area contributed by atoms with Crippen LogP contribution in [0.3, 0.4) is 0 Å². The third kappa shape index (κ3) is 4.12. The molecular formula is C14H13BrFNO2S2. The van der Waals surface area contributed by atoms with Crippen LogP contribution < -0.4 is 0 Å². The quantitative estimate of drug-likeness (QED) is 0.434. The smallest absolute Gasteiger partial charge is 0.266 e. The summed E-state index contributed by atoms with van der Waals surface area (Å²) in [6.07, 6.45) is 2.25. The topological polar surface area (TPSA) is 29.5 Å². The van der Waals surface area contributed by atoms with Gasteiger partial charge in [-0.2, -0.15) is 0 Å². The van der Waals surface area contributed by atoms with Crippen molar-refractivity contribution in [1.82, 2.24) is 4.90 Å². The second-order valence-corrected chi connectivity index (χ2v) is 6.94. The Morgan fingerprint density at radius 1 is 1.52 bits per heavy atom. The van der Waals surface area contributed by atoms with Gasteiger partial charge in [0.15, 0.2) is 0 Å². The van der Waals surface area contributed by atoms with Gasteiger partial charge in [0.1, 0.15) is 10.1 Å². The van der Waals surface area contributed by atoms with Crippen molar-refractivity contribution in [3.8, 4) is 0 Å². The van der Waals surface area contributed by atoms with E-state index in [1.54, 1.807) is 19.2 Å². The molecule has 1 saturated heterocycles. The number of ether oxygens (including phenoxy) is 1. The SMILES string of the molecule is COCCCN1C(=O)/C(=C\c2ccc(Br)cc2F)SC1=S. The van der Waals surface area contributed by atoms with E-state index >= 15 is 0 Å². The molecular weight excluding hydrogens is 377 g/mol. The molecule has 0 radical (unpaired) electrons. The van der Waals surface area contributed by atoms with Crippen LogP contribution >= 0.6 is 39.9 Å². The van der Waals surface area contributed by atoms with E-state index in [0.717, 1.165) is 0 Å². The van der Waals surface area contributed by atoms with Crippen LogP contribution in [0.15, 0.2) is 27.6 Å². The van der Waals surface area contributed by atoms with E-state index in [1.807, 2.05) is 0 Å². The van der Waals surface area contributed by atoms with Crippen molar-refractivity contribution in [1.29, 1.82) is 0 Å². The summed E-state index contributed by atoms with van der Waals surface area (Å²) in [6, 6.07) is 4.72. The number of nitrogens with zero attached hydrogens (tertiary/aromatic N) is 1. The molecule has 0 N–H and O–H groups in total.